The summed E-state index contributed by atoms with van der Waals surface area (Å²) >= 11 is 0. The lowest BCUT2D eigenvalue weighted by molar-refractivity contribution is -0.134. The van der Waals surface area contributed by atoms with Crippen LogP contribution in [-0.4, -0.2) is 11.9 Å². The second-order valence-corrected chi connectivity index (χ2v) is 8.93. The Morgan fingerprint density at radius 2 is 0.882 bits per heavy atom. The number of carbonyl (C=O) groups is 2. The van der Waals surface area contributed by atoms with Crippen LogP contribution in [0.3, 0.4) is 0 Å². The number of carbonyl (C=O) groups excluding carboxylic acids is 2. The molecule has 4 aromatic carbocycles. The van der Waals surface area contributed by atoms with Gasteiger partial charge in [0.05, 0.1) is 11.1 Å². The van der Waals surface area contributed by atoms with Crippen molar-refractivity contribution >= 4 is 33.5 Å². The molecule has 0 aliphatic rings. The Morgan fingerprint density at radius 3 is 1.24 bits per heavy atom. The highest BCUT2D eigenvalue weighted by atomic mass is 16.5. The van der Waals surface area contributed by atoms with Crippen LogP contribution in [0.15, 0.2) is 96.1 Å². The van der Waals surface area contributed by atoms with Gasteiger partial charge in [-0.05, 0) is 57.6 Å². The normalized spacial score (nSPS) is 12.2. The first-order chi connectivity index (χ1) is 16.3. The van der Waals surface area contributed by atoms with Crippen LogP contribution in [0.4, 0.5) is 0 Å². The van der Waals surface area contributed by atoms with Gasteiger partial charge < -0.3 is 9.47 Å². The molecule has 172 valence electrons. The molecule has 34 heavy (non-hydrogen) atoms. The van der Waals surface area contributed by atoms with Crippen molar-refractivity contribution < 1.29 is 19.1 Å². The van der Waals surface area contributed by atoms with Crippen molar-refractivity contribution in [2.24, 2.45) is 11.8 Å². The predicted octanol–water partition coefficient (Wildman–Crippen LogP) is 7.11. The lowest BCUT2D eigenvalue weighted by atomic mass is 9.90. The van der Waals surface area contributed by atoms with Gasteiger partial charge in [-0.2, -0.15) is 0 Å². The maximum absolute atomic E-state index is 13.3. The van der Waals surface area contributed by atoms with Crippen molar-refractivity contribution in [3.63, 3.8) is 0 Å². The molecular weight excluding hydrogens is 424 g/mol. The maximum atomic E-state index is 13.3. The zero-order valence-corrected chi connectivity index (χ0v) is 19.9. The molecule has 0 saturated heterocycles. The standard InChI is InChI=1S/C30H28O4/c1-19(2)27(29(31)33-25-15-13-21-9-5-7-11-23(21)17-25)28(20(3)4)30(32)34-26-16-14-22-10-6-8-12-24(22)18-26/h5-20H,1-4H3/b28-27+. The second-order valence-electron chi connectivity index (χ2n) is 8.93. The van der Waals surface area contributed by atoms with Crippen LogP contribution in [0, 0.1) is 11.8 Å². The van der Waals surface area contributed by atoms with Gasteiger partial charge in [0.1, 0.15) is 11.5 Å². The summed E-state index contributed by atoms with van der Waals surface area (Å²) in [6.07, 6.45) is 0. The van der Waals surface area contributed by atoms with Gasteiger partial charge in [-0.15, -0.1) is 0 Å². The molecule has 0 radical (unpaired) electrons. The third-order valence-electron chi connectivity index (χ3n) is 5.75. The van der Waals surface area contributed by atoms with Crippen molar-refractivity contribution in [1.82, 2.24) is 0 Å². The summed E-state index contributed by atoms with van der Waals surface area (Å²) < 4.78 is 11.5. The molecule has 0 unspecified atom stereocenters. The van der Waals surface area contributed by atoms with Crippen LogP contribution < -0.4 is 9.47 Å². The van der Waals surface area contributed by atoms with Crippen LogP contribution in [-0.2, 0) is 9.59 Å². The number of ether oxygens (including phenoxy) is 2. The first-order valence-corrected chi connectivity index (χ1v) is 11.5. The second kappa shape index (κ2) is 9.92. The summed E-state index contributed by atoms with van der Waals surface area (Å²) in [7, 11) is 0. The Kier molecular flexibility index (Phi) is 6.78. The van der Waals surface area contributed by atoms with Crippen molar-refractivity contribution in [2.75, 3.05) is 0 Å². The number of hydrogen-bond acceptors (Lipinski definition) is 4. The molecule has 0 amide bonds. The molecule has 0 aliphatic heterocycles. The molecule has 4 rings (SSSR count). The minimum absolute atomic E-state index is 0.227. The van der Waals surface area contributed by atoms with E-state index in [0.29, 0.717) is 22.6 Å². The largest absolute Gasteiger partial charge is 0.423 e. The number of benzene rings is 4. The SMILES string of the molecule is CC(C)/C(C(=O)Oc1ccc2ccccc2c1)=C(\C(=O)Oc1ccc2ccccc2c1)C(C)C. The van der Waals surface area contributed by atoms with Crippen LogP contribution >= 0.6 is 0 Å². The van der Waals surface area contributed by atoms with E-state index in [9.17, 15) is 9.59 Å². The highest BCUT2D eigenvalue weighted by molar-refractivity contribution is 6.02. The summed E-state index contributed by atoms with van der Waals surface area (Å²) in [4.78, 5) is 26.6. The first kappa shape index (κ1) is 23.2. The van der Waals surface area contributed by atoms with Crippen LogP contribution in [0.25, 0.3) is 21.5 Å². The maximum Gasteiger partial charge on any atom is 0.340 e. The molecule has 0 bridgehead atoms. The van der Waals surface area contributed by atoms with Crippen molar-refractivity contribution in [3.05, 3.63) is 96.1 Å². The van der Waals surface area contributed by atoms with Crippen LogP contribution in [0.2, 0.25) is 0 Å². The smallest absolute Gasteiger partial charge is 0.340 e. The van der Waals surface area contributed by atoms with Gasteiger partial charge in [0.25, 0.3) is 0 Å². The Balaban J connectivity index is 1.65. The average molecular weight is 453 g/mol. The van der Waals surface area contributed by atoms with Gasteiger partial charge in [0.15, 0.2) is 0 Å². The van der Waals surface area contributed by atoms with Crippen LogP contribution in [0.1, 0.15) is 27.7 Å². The van der Waals surface area contributed by atoms with Gasteiger partial charge in [-0.1, -0.05) is 88.4 Å². The third-order valence-corrected chi connectivity index (χ3v) is 5.75. The topological polar surface area (TPSA) is 52.6 Å². The molecule has 0 heterocycles. The van der Waals surface area contributed by atoms with E-state index in [1.807, 2.05) is 100 Å². The molecule has 0 aliphatic carbocycles. The fourth-order valence-corrected chi connectivity index (χ4v) is 4.10. The molecule has 0 N–H and O–H groups in total. The number of rotatable bonds is 6. The highest BCUT2D eigenvalue weighted by Crippen LogP contribution is 2.28. The van der Waals surface area contributed by atoms with Crippen molar-refractivity contribution in [1.29, 1.82) is 0 Å². The number of esters is 2. The number of hydrogen-bond donors (Lipinski definition) is 0. The molecule has 0 saturated carbocycles. The van der Waals surface area contributed by atoms with Crippen molar-refractivity contribution in [2.45, 2.75) is 27.7 Å². The quantitative estimate of drug-likeness (QED) is 0.178. The summed E-state index contributed by atoms with van der Waals surface area (Å²) in [6, 6.07) is 26.7. The lowest BCUT2D eigenvalue weighted by Gasteiger charge is -2.19. The Morgan fingerprint density at radius 1 is 0.529 bits per heavy atom. The van der Waals surface area contributed by atoms with Gasteiger partial charge in [0.2, 0.25) is 0 Å². The third kappa shape index (κ3) is 5.01. The Labute approximate surface area is 199 Å². The van der Waals surface area contributed by atoms with E-state index in [4.69, 9.17) is 9.47 Å². The van der Waals surface area contributed by atoms with Crippen LogP contribution in [0.5, 0.6) is 11.5 Å². The van der Waals surface area contributed by atoms with E-state index < -0.39 is 11.9 Å². The highest BCUT2D eigenvalue weighted by Gasteiger charge is 2.28. The molecule has 0 atom stereocenters. The molecule has 0 spiro atoms. The summed E-state index contributed by atoms with van der Waals surface area (Å²) in [5.74, 6) is -0.654. The monoisotopic (exact) mass is 452 g/mol. The molecule has 0 aromatic heterocycles. The Bertz CT molecular complexity index is 1290. The Hall–Kier alpha value is -3.92. The van der Waals surface area contributed by atoms with E-state index in [1.165, 1.54) is 0 Å². The summed E-state index contributed by atoms with van der Waals surface area (Å²) in [6.45, 7) is 7.51. The average Bonchev–Trinajstić information content (AvgIpc) is 2.81. The van der Waals surface area contributed by atoms with E-state index >= 15 is 0 Å². The molecular formula is C30H28O4. The van der Waals surface area contributed by atoms with Gasteiger partial charge in [0, 0.05) is 0 Å². The van der Waals surface area contributed by atoms with Crippen molar-refractivity contribution in [3.8, 4) is 11.5 Å². The zero-order chi connectivity index (χ0) is 24.2. The van der Waals surface area contributed by atoms with Gasteiger partial charge >= 0.3 is 11.9 Å². The predicted molar refractivity (Wildman–Crippen MR) is 136 cm³/mol. The first-order valence-electron chi connectivity index (χ1n) is 11.5. The summed E-state index contributed by atoms with van der Waals surface area (Å²) in [5.41, 5.74) is 0.655. The molecule has 4 nitrogen and oxygen atoms in total. The van der Waals surface area contributed by atoms with Gasteiger partial charge in [-0.3, -0.25) is 0 Å². The van der Waals surface area contributed by atoms with E-state index in [-0.39, 0.29) is 11.8 Å². The van der Waals surface area contributed by atoms with Gasteiger partial charge in [-0.25, -0.2) is 9.59 Å². The molecule has 4 heteroatoms. The van der Waals surface area contributed by atoms with E-state index in [1.54, 1.807) is 12.1 Å². The fourth-order valence-electron chi connectivity index (χ4n) is 4.10. The minimum Gasteiger partial charge on any atom is -0.423 e. The summed E-state index contributed by atoms with van der Waals surface area (Å²) in [5, 5.41) is 4.07. The van der Waals surface area contributed by atoms with E-state index in [0.717, 1.165) is 21.5 Å². The van der Waals surface area contributed by atoms with E-state index in [2.05, 4.69) is 0 Å². The fraction of sp³-hybridized carbons (Fsp3) is 0.200. The minimum atomic E-state index is -0.538. The number of fused-ring (bicyclic) bond motifs is 2. The molecule has 0 fully saturated rings. The zero-order valence-electron chi connectivity index (χ0n) is 19.9. The lowest BCUT2D eigenvalue weighted by Crippen LogP contribution is -2.25. The molecule has 4 aromatic rings.